The van der Waals surface area contributed by atoms with Crippen LogP contribution in [0.25, 0.3) is 22.0 Å². The van der Waals surface area contributed by atoms with E-state index in [1.54, 1.807) is 12.4 Å². The normalized spacial score (nSPS) is 10.6. The largest absolute Gasteiger partial charge is 0.265 e. The summed E-state index contributed by atoms with van der Waals surface area (Å²) in [6.07, 6.45) is 5.45. The molecule has 2 heterocycles. The van der Waals surface area contributed by atoms with Gasteiger partial charge >= 0.3 is 0 Å². The van der Waals surface area contributed by atoms with Crippen molar-refractivity contribution in [3.8, 4) is 11.1 Å². The highest BCUT2D eigenvalue weighted by Gasteiger charge is 2.01. The van der Waals surface area contributed by atoms with Crippen LogP contribution in [-0.2, 0) is 0 Å². The molecule has 0 bridgehead atoms. The van der Waals surface area contributed by atoms with Gasteiger partial charge in [-0.2, -0.15) is 0 Å². The third-order valence-corrected chi connectivity index (χ3v) is 3.08. The fraction of sp³-hybridized carbons (Fsp3) is 0. The van der Waals surface area contributed by atoms with E-state index in [0.717, 1.165) is 25.9 Å². The first-order valence-corrected chi connectivity index (χ1v) is 6.23. The summed E-state index contributed by atoms with van der Waals surface area (Å²) in [6, 6.07) is 10.2. The number of halogens is 1. The Kier molecular flexibility index (Phi) is 2.72. The molecule has 0 atom stereocenters. The molecule has 1 aromatic carbocycles. The molecule has 0 fully saturated rings. The Balaban J connectivity index is 2.17. The number of rotatable bonds is 1. The van der Waals surface area contributed by atoms with Gasteiger partial charge in [-0.1, -0.05) is 6.07 Å². The van der Waals surface area contributed by atoms with E-state index in [1.807, 2.05) is 24.4 Å². The van der Waals surface area contributed by atoms with Gasteiger partial charge in [0.05, 0.1) is 5.52 Å². The van der Waals surface area contributed by atoms with Gasteiger partial charge in [0.1, 0.15) is 0 Å². The van der Waals surface area contributed by atoms with E-state index in [1.165, 1.54) is 0 Å². The van der Waals surface area contributed by atoms with Crippen LogP contribution in [0.15, 0.2) is 48.9 Å². The number of hydrogen-bond donors (Lipinski definition) is 0. The number of nitrogens with zero attached hydrogens (tertiary/aromatic N) is 3. The summed E-state index contributed by atoms with van der Waals surface area (Å²) in [7, 11) is 0. The number of aromatic nitrogens is 3. The molecule has 3 aromatic rings. The summed E-state index contributed by atoms with van der Waals surface area (Å²) >= 11 is 2.12. The number of pyridine rings is 1. The monoisotopic (exact) mass is 333 g/mol. The average Bonchev–Trinajstić information content (AvgIpc) is 2.39. The van der Waals surface area contributed by atoms with Crippen molar-refractivity contribution in [2.24, 2.45) is 0 Å². The van der Waals surface area contributed by atoms with Gasteiger partial charge in [-0.3, -0.25) is 4.98 Å². The third-order valence-electron chi connectivity index (χ3n) is 2.56. The van der Waals surface area contributed by atoms with Crippen LogP contribution in [0.4, 0.5) is 0 Å². The fourth-order valence-electron chi connectivity index (χ4n) is 1.73. The summed E-state index contributed by atoms with van der Waals surface area (Å²) in [6.45, 7) is 0. The van der Waals surface area contributed by atoms with Crippen LogP contribution in [0, 0.1) is 3.83 Å². The summed E-state index contributed by atoms with van der Waals surface area (Å²) in [5, 5.41) is 1.06. The number of benzene rings is 1. The van der Waals surface area contributed by atoms with Gasteiger partial charge in [0.25, 0.3) is 0 Å². The first kappa shape index (κ1) is 10.6. The lowest BCUT2D eigenvalue weighted by Gasteiger charge is -2.03. The lowest BCUT2D eigenvalue weighted by atomic mass is 10.1. The first-order valence-electron chi connectivity index (χ1n) is 5.16. The molecule has 4 heteroatoms. The lowest BCUT2D eigenvalue weighted by Crippen LogP contribution is -1.88. The molecule has 0 spiro atoms. The minimum Gasteiger partial charge on any atom is -0.265 e. The maximum atomic E-state index is 4.37. The fourth-order valence-corrected chi connectivity index (χ4v) is 2.13. The quantitative estimate of drug-likeness (QED) is 0.507. The molecular weight excluding hydrogens is 325 g/mol. The van der Waals surface area contributed by atoms with Crippen LogP contribution >= 0.6 is 22.6 Å². The van der Waals surface area contributed by atoms with Crippen molar-refractivity contribution >= 4 is 33.5 Å². The molecule has 0 aliphatic carbocycles. The molecule has 82 valence electrons. The summed E-state index contributed by atoms with van der Waals surface area (Å²) in [4.78, 5) is 12.6. The van der Waals surface area contributed by atoms with E-state index in [2.05, 4.69) is 49.7 Å². The highest BCUT2D eigenvalue weighted by atomic mass is 127. The van der Waals surface area contributed by atoms with Gasteiger partial charge in [0.2, 0.25) is 0 Å². The molecule has 0 radical (unpaired) electrons. The van der Waals surface area contributed by atoms with E-state index >= 15 is 0 Å². The Morgan fingerprint density at radius 1 is 0.941 bits per heavy atom. The third kappa shape index (κ3) is 2.12. The zero-order chi connectivity index (χ0) is 11.7. The van der Waals surface area contributed by atoms with Crippen LogP contribution in [-0.4, -0.2) is 15.0 Å². The topological polar surface area (TPSA) is 38.7 Å². The molecule has 0 amide bonds. The number of hydrogen-bond acceptors (Lipinski definition) is 3. The van der Waals surface area contributed by atoms with Crippen molar-refractivity contribution in [3.63, 3.8) is 0 Å². The van der Waals surface area contributed by atoms with Gasteiger partial charge in [-0.25, -0.2) is 9.97 Å². The molecule has 0 aliphatic rings. The van der Waals surface area contributed by atoms with E-state index in [4.69, 9.17) is 0 Å². The number of fused-ring (bicyclic) bond motifs is 1. The predicted molar refractivity (Wildman–Crippen MR) is 75.5 cm³/mol. The van der Waals surface area contributed by atoms with Gasteiger partial charge in [-0.15, -0.1) is 0 Å². The van der Waals surface area contributed by atoms with Crippen LogP contribution in [0.5, 0.6) is 0 Å². The van der Waals surface area contributed by atoms with Gasteiger partial charge < -0.3 is 0 Å². The second-order valence-electron chi connectivity index (χ2n) is 3.65. The molecule has 3 rings (SSSR count). The van der Waals surface area contributed by atoms with Gasteiger partial charge in [0.15, 0.2) is 3.83 Å². The maximum Gasteiger partial charge on any atom is 0.191 e. The molecule has 0 unspecified atom stereocenters. The van der Waals surface area contributed by atoms with E-state index in [9.17, 15) is 0 Å². The molecular formula is C13H8IN3. The molecule has 3 nitrogen and oxygen atoms in total. The molecule has 0 N–H and O–H groups in total. The SMILES string of the molecule is Ic1ncc2cc(-c3ccncc3)ccc2n1. The highest BCUT2D eigenvalue weighted by molar-refractivity contribution is 14.1. The van der Waals surface area contributed by atoms with E-state index < -0.39 is 0 Å². The smallest absolute Gasteiger partial charge is 0.191 e. The molecule has 0 saturated carbocycles. The van der Waals surface area contributed by atoms with Crippen molar-refractivity contribution < 1.29 is 0 Å². The first-order chi connectivity index (χ1) is 8.33. The summed E-state index contributed by atoms with van der Waals surface area (Å²) < 4.78 is 0.770. The minimum atomic E-state index is 0.770. The van der Waals surface area contributed by atoms with E-state index in [0.29, 0.717) is 0 Å². The van der Waals surface area contributed by atoms with Gasteiger partial charge in [-0.05, 0) is 35.4 Å². The highest BCUT2D eigenvalue weighted by Crippen LogP contribution is 2.22. The zero-order valence-electron chi connectivity index (χ0n) is 8.84. The standard InChI is InChI=1S/C13H8IN3/c14-13-16-8-11-7-10(1-2-12(11)17-13)9-3-5-15-6-4-9/h1-8H. The lowest BCUT2D eigenvalue weighted by molar-refractivity contribution is 1.15. The molecule has 17 heavy (non-hydrogen) atoms. The van der Waals surface area contributed by atoms with Crippen molar-refractivity contribution in [3.05, 3.63) is 52.8 Å². The van der Waals surface area contributed by atoms with Crippen LogP contribution in [0.3, 0.4) is 0 Å². The Hall–Kier alpha value is -1.56. The second-order valence-corrected chi connectivity index (χ2v) is 4.61. The van der Waals surface area contributed by atoms with Crippen LogP contribution < -0.4 is 0 Å². The predicted octanol–water partition coefficient (Wildman–Crippen LogP) is 3.30. The molecule has 0 aliphatic heterocycles. The second kappa shape index (κ2) is 4.37. The Morgan fingerprint density at radius 2 is 1.76 bits per heavy atom. The van der Waals surface area contributed by atoms with E-state index in [-0.39, 0.29) is 0 Å². The van der Waals surface area contributed by atoms with Crippen molar-refractivity contribution in [1.29, 1.82) is 0 Å². The average molecular weight is 333 g/mol. The van der Waals surface area contributed by atoms with Crippen LogP contribution in [0.1, 0.15) is 0 Å². The zero-order valence-corrected chi connectivity index (χ0v) is 11.0. The minimum absolute atomic E-state index is 0.770. The van der Waals surface area contributed by atoms with Gasteiger partial charge in [0, 0.05) is 46.6 Å². The Bertz CT molecular complexity index is 668. The van der Waals surface area contributed by atoms with Crippen molar-refractivity contribution in [2.45, 2.75) is 0 Å². The Morgan fingerprint density at radius 3 is 2.59 bits per heavy atom. The van der Waals surface area contributed by atoms with Crippen LogP contribution in [0.2, 0.25) is 0 Å². The summed E-state index contributed by atoms with van der Waals surface area (Å²) in [5.74, 6) is 0. The van der Waals surface area contributed by atoms with Crippen molar-refractivity contribution in [2.75, 3.05) is 0 Å². The summed E-state index contributed by atoms with van der Waals surface area (Å²) in [5.41, 5.74) is 3.28. The van der Waals surface area contributed by atoms with Crippen molar-refractivity contribution in [1.82, 2.24) is 15.0 Å². The molecule has 2 aromatic heterocycles. The molecule has 0 saturated heterocycles. The Labute approximate surface area is 112 Å². The maximum absolute atomic E-state index is 4.37.